The Balaban J connectivity index is 2.18. The second kappa shape index (κ2) is 5.46. The van der Waals surface area contributed by atoms with Gasteiger partial charge in [-0.25, -0.2) is 0 Å². The maximum Gasteiger partial charge on any atom is 0.255 e. The molecule has 0 spiro atoms. The van der Waals surface area contributed by atoms with E-state index in [0.717, 1.165) is 16.8 Å². The summed E-state index contributed by atoms with van der Waals surface area (Å²) in [7, 11) is 0. The molecule has 0 bridgehead atoms. The van der Waals surface area contributed by atoms with E-state index < -0.39 is 0 Å². The van der Waals surface area contributed by atoms with Gasteiger partial charge >= 0.3 is 0 Å². The molecular formula is C17H13ClN2O. The van der Waals surface area contributed by atoms with Crippen molar-refractivity contribution >= 4 is 17.3 Å². The SMILES string of the molecule is Nc1cccc(-n2cc(-c3ccccc3Cl)ccc2=O)c1. The zero-order valence-electron chi connectivity index (χ0n) is 11.2. The molecule has 3 aromatic rings. The topological polar surface area (TPSA) is 48.0 Å². The fraction of sp³-hybridized carbons (Fsp3) is 0. The number of nitrogens with two attached hydrogens (primary N) is 1. The molecule has 3 rings (SSSR count). The molecule has 0 aliphatic heterocycles. The van der Waals surface area contributed by atoms with Crippen LogP contribution in [0.2, 0.25) is 5.02 Å². The van der Waals surface area contributed by atoms with Gasteiger partial charge in [0.15, 0.2) is 0 Å². The minimum atomic E-state index is -0.114. The largest absolute Gasteiger partial charge is 0.399 e. The molecular weight excluding hydrogens is 284 g/mol. The number of anilines is 1. The Bertz CT molecular complexity index is 855. The molecule has 0 fully saturated rings. The van der Waals surface area contributed by atoms with Crippen molar-refractivity contribution in [1.82, 2.24) is 4.57 Å². The van der Waals surface area contributed by atoms with Crippen LogP contribution in [0.15, 0.2) is 71.7 Å². The number of hydrogen-bond acceptors (Lipinski definition) is 2. The molecule has 104 valence electrons. The van der Waals surface area contributed by atoms with Gasteiger partial charge in [-0.05, 0) is 30.3 Å². The van der Waals surface area contributed by atoms with Crippen molar-refractivity contribution in [3.05, 3.63) is 82.2 Å². The molecule has 21 heavy (non-hydrogen) atoms. The minimum absolute atomic E-state index is 0.114. The van der Waals surface area contributed by atoms with Gasteiger partial charge in [-0.15, -0.1) is 0 Å². The summed E-state index contributed by atoms with van der Waals surface area (Å²) >= 11 is 6.21. The molecule has 0 radical (unpaired) electrons. The van der Waals surface area contributed by atoms with Gasteiger partial charge in [0.25, 0.3) is 5.56 Å². The fourth-order valence-corrected chi connectivity index (χ4v) is 2.46. The van der Waals surface area contributed by atoms with Crippen molar-refractivity contribution in [1.29, 1.82) is 0 Å². The number of aromatic nitrogens is 1. The number of hydrogen-bond donors (Lipinski definition) is 1. The highest BCUT2D eigenvalue weighted by Crippen LogP contribution is 2.27. The first-order chi connectivity index (χ1) is 10.1. The Hall–Kier alpha value is -2.52. The van der Waals surface area contributed by atoms with Crippen molar-refractivity contribution in [2.75, 3.05) is 5.73 Å². The summed E-state index contributed by atoms with van der Waals surface area (Å²) in [4.78, 5) is 12.1. The number of nitrogen functional groups attached to an aromatic ring is 1. The van der Waals surface area contributed by atoms with E-state index in [0.29, 0.717) is 10.7 Å². The highest BCUT2D eigenvalue weighted by atomic mass is 35.5. The summed E-state index contributed by atoms with van der Waals surface area (Å²) in [5, 5.41) is 0.648. The van der Waals surface area contributed by atoms with Crippen LogP contribution < -0.4 is 11.3 Å². The van der Waals surface area contributed by atoms with E-state index in [4.69, 9.17) is 17.3 Å². The van der Waals surface area contributed by atoms with E-state index in [1.807, 2.05) is 36.4 Å². The lowest BCUT2D eigenvalue weighted by molar-refractivity contribution is 0.993. The Morgan fingerprint density at radius 1 is 0.952 bits per heavy atom. The lowest BCUT2D eigenvalue weighted by Gasteiger charge is -2.10. The monoisotopic (exact) mass is 296 g/mol. The van der Waals surface area contributed by atoms with Crippen molar-refractivity contribution < 1.29 is 0 Å². The quantitative estimate of drug-likeness (QED) is 0.732. The lowest BCUT2D eigenvalue weighted by Crippen LogP contribution is -2.16. The Morgan fingerprint density at radius 3 is 2.52 bits per heavy atom. The number of halogens is 1. The summed E-state index contributed by atoms with van der Waals surface area (Å²) in [6, 6.07) is 18.0. The van der Waals surface area contributed by atoms with Crippen molar-refractivity contribution in [3.63, 3.8) is 0 Å². The third-order valence-electron chi connectivity index (χ3n) is 3.24. The van der Waals surface area contributed by atoms with Crippen LogP contribution in [0.5, 0.6) is 0 Å². The molecule has 3 nitrogen and oxygen atoms in total. The minimum Gasteiger partial charge on any atom is -0.399 e. The van der Waals surface area contributed by atoms with Crippen LogP contribution in [0.25, 0.3) is 16.8 Å². The second-order valence-corrected chi connectivity index (χ2v) is 5.11. The van der Waals surface area contributed by atoms with E-state index in [9.17, 15) is 4.79 Å². The molecule has 2 N–H and O–H groups in total. The van der Waals surface area contributed by atoms with E-state index >= 15 is 0 Å². The third-order valence-corrected chi connectivity index (χ3v) is 3.57. The predicted molar refractivity (Wildman–Crippen MR) is 86.9 cm³/mol. The van der Waals surface area contributed by atoms with Gasteiger partial charge < -0.3 is 5.73 Å². The Kier molecular flexibility index (Phi) is 3.50. The highest BCUT2D eigenvalue weighted by Gasteiger charge is 2.06. The maximum absolute atomic E-state index is 12.1. The first-order valence-electron chi connectivity index (χ1n) is 6.49. The fourth-order valence-electron chi connectivity index (χ4n) is 2.22. The zero-order valence-corrected chi connectivity index (χ0v) is 11.9. The summed E-state index contributed by atoms with van der Waals surface area (Å²) < 4.78 is 1.56. The molecule has 0 aliphatic rings. The van der Waals surface area contributed by atoms with Crippen LogP contribution in [0.3, 0.4) is 0 Å². The molecule has 0 saturated carbocycles. The Labute approximate surface area is 127 Å². The van der Waals surface area contributed by atoms with Crippen LogP contribution in [0.4, 0.5) is 5.69 Å². The summed E-state index contributed by atoms with van der Waals surface area (Å²) in [6.07, 6.45) is 1.78. The molecule has 0 amide bonds. The number of rotatable bonds is 2. The number of nitrogens with zero attached hydrogens (tertiary/aromatic N) is 1. The lowest BCUT2D eigenvalue weighted by atomic mass is 10.1. The van der Waals surface area contributed by atoms with E-state index in [2.05, 4.69) is 0 Å². The summed E-state index contributed by atoms with van der Waals surface area (Å²) in [5.74, 6) is 0. The highest BCUT2D eigenvalue weighted by molar-refractivity contribution is 6.33. The molecule has 0 saturated heterocycles. The molecule has 1 heterocycles. The standard InChI is InChI=1S/C17H13ClN2O/c18-16-7-2-1-6-15(16)12-8-9-17(21)20(11-12)14-5-3-4-13(19)10-14/h1-11H,19H2. The van der Waals surface area contributed by atoms with E-state index in [-0.39, 0.29) is 5.56 Å². The molecule has 0 unspecified atom stereocenters. The van der Waals surface area contributed by atoms with Crippen LogP contribution in [0.1, 0.15) is 0 Å². The molecule has 0 aliphatic carbocycles. The average molecular weight is 297 g/mol. The third kappa shape index (κ3) is 2.69. The summed E-state index contributed by atoms with van der Waals surface area (Å²) in [5.41, 5.74) is 8.78. The first-order valence-corrected chi connectivity index (χ1v) is 6.86. The van der Waals surface area contributed by atoms with Crippen molar-refractivity contribution in [2.24, 2.45) is 0 Å². The number of benzene rings is 2. The summed E-state index contributed by atoms with van der Waals surface area (Å²) in [6.45, 7) is 0. The van der Waals surface area contributed by atoms with Gasteiger partial charge in [-0.3, -0.25) is 9.36 Å². The van der Waals surface area contributed by atoms with E-state index in [1.54, 1.807) is 29.0 Å². The van der Waals surface area contributed by atoms with E-state index in [1.165, 1.54) is 6.07 Å². The average Bonchev–Trinajstić information content (AvgIpc) is 2.48. The van der Waals surface area contributed by atoms with Crippen LogP contribution in [0, 0.1) is 0 Å². The van der Waals surface area contributed by atoms with Gasteiger partial charge in [0.1, 0.15) is 0 Å². The smallest absolute Gasteiger partial charge is 0.255 e. The second-order valence-electron chi connectivity index (χ2n) is 4.70. The maximum atomic E-state index is 12.1. The molecule has 4 heteroatoms. The number of pyridine rings is 1. The Morgan fingerprint density at radius 2 is 1.76 bits per heavy atom. The van der Waals surface area contributed by atoms with Gasteiger partial charge in [-0.1, -0.05) is 35.9 Å². The molecule has 0 atom stereocenters. The zero-order chi connectivity index (χ0) is 14.8. The van der Waals surface area contributed by atoms with Gasteiger partial charge in [0.05, 0.1) is 5.69 Å². The molecule has 1 aromatic heterocycles. The van der Waals surface area contributed by atoms with Crippen molar-refractivity contribution in [3.8, 4) is 16.8 Å². The van der Waals surface area contributed by atoms with Gasteiger partial charge in [0, 0.05) is 34.1 Å². The molecule has 2 aromatic carbocycles. The van der Waals surface area contributed by atoms with Crippen LogP contribution in [-0.4, -0.2) is 4.57 Å². The predicted octanol–water partition coefficient (Wildman–Crippen LogP) is 3.74. The van der Waals surface area contributed by atoms with Crippen LogP contribution in [-0.2, 0) is 0 Å². The normalized spacial score (nSPS) is 10.5. The van der Waals surface area contributed by atoms with Crippen LogP contribution >= 0.6 is 11.6 Å². The first kappa shape index (κ1) is 13.5. The van der Waals surface area contributed by atoms with Gasteiger partial charge in [-0.2, -0.15) is 0 Å². The van der Waals surface area contributed by atoms with Crippen molar-refractivity contribution in [2.45, 2.75) is 0 Å². The van der Waals surface area contributed by atoms with Gasteiger partial charge in [0.2, 0.25) is 0 Å².